The molecule has 108 valence electrons. The molecule has 0 aliphatic rings. The Bertz CT molecular complexity index is 653. The molecule has 3 heteroatoms. The number of rotatable bonds is 4. The van der Waals surface area contributed by atoms with Crippen molar-refractivity contribution >= 4 is 28.3 Å². The van der Waals surface area contributed by atoms with Gasteiger partial charge in [-0.25, -0.2) is 0 Å². The maximum atomic E-state index is 12.0. The minimum atomic E-state index is 0.0309. The number of fused-ring (bicyclic) bond motifs is 1. The number of Topliss-reactive ketones (excluding diaryl/α,β-unsaturated/α-hetero) is 1. The zero-order valence-electron chi connectivity index (χ0n) is 12.8. The van der Waals surface area contributed by atoms with E-state index in [1.807, 2.05) is 0 Å². The predicted octanol–water partition coefficient (Wildman–Crippen LogP) is 5.28. The van der Waals surface area contributed by atoms with Crippen molar-refractivity contribution in [3.05, 3.63) is 34.5 Å². The number of carbonyl (C=O) groups is 1. The van der Waals surface area contributed by atoms with E-state index < -0.39 is 0 Å². The molecule has 0 saturated heterocycles. The summed E-state index contributed by atoms with van der Waals surface area (Å²) < 4.78 is 2.06. The molecule has 0 bridgehead atoms. The summed E-state index contributed by atoms with van der Waals surface area (Å²) in [5.74, 6) is 0.947. The van der Waals surface area contributed by atoms with Crippen LogP contribution in [-0.4, -0.2) is 10.4 Å². The number of hydrogen-bond acceptors (Lipinski definition) is 1. The number of halogens is 1. The molecule has 0 spiro atoms. The molecule has 2 nitrogen and oxygen atoms in total. The number of aromatic nitrogens is 1. The predicted molar refractivity (Wildman–Crippen MR) is 85.9 cm³/mol. The van der Waals surface area contributed by atoms with E-state index in [4.69, 9.17) is 11.6 Å². The van der Waals surface area contributed by atoms with Gasteiger partial charge in [-0.2, -0.15) is 0 Å². The van der Waals surface area contributed by atoms with Crippen molar-refractivity contribution in [2.75, 3.05) is 0 Å². The molecule has 0 N–H and O–H groups in total. The molecule has 1 aromatic heterocycles. The van der Waals surface area contributed by atoms with Crippen LogP contribution in [0.25, 0.3) is 10.9 Å². The van der Waals surface area contributed by atoms with E-state index in [-0.39, 0.29) is 5.78 Å². The van der Waals surface area contributed by atoms with Crippen molar-refractivity contribution in [1.29, 1.82) is 0 Å². The van der Waals surface area contributed by atoms with Gasteiger partial charge in [-0.15, -0.1) is 0 Å². The first-order valence-corrected chi connectivity index (χ1v) is 7.53. The van der Waals surface area contributed by atoms with Gasteiger partial charge >= 0.3 is 0 Å². The summed E-state index contributed by atoms with van der Waals surface area (Å²) in [6.07, 6.45) is 0. The minimum absolute atomic E-state index is 0.0309. The molecule has 0 aliphatic carbocycles. The highest BCUT2D eigenvalue weighted by atomic mass is 35.5. The topological polar surface area (TPSA) is 22.0 Å². The highest BCUT2D eigenvalue weighted by Crippen LogP contribution is 2.33. The largest absolute Gasteiger partial charge is 0.331 e. The van der Waals surface area contributed by atoms with Gasteiger partial charge in [0.2, 0.25) is 0 Å². The van der Waals surface area contributed by atoms with Gasteiger partial charge in [0.05, 0.1) is 5.56 Å². The van der Waals surface area contributed by atoms with Crippen LogP contribution in [0.15, 0.2) is 18.2 Å². The van der Waals surface area contributed by atoms with Crippen LogP contribution in [0, 0.1) is 5.92 Å². The molecule has 0 saturated carbocycles. The van der Waals surface area contributed by atoms with Gasteiger partial charge in [0.15, 0.2) is 5.78 Å². The maximum Gasteiger partial charge on any atom is 0.163 e. The van der Waals surface area contributed by atoms with Crippen molar-refractivity contribution in [2.45, 2.75) is 47.1 Å². The summed E-state index contributed by atoms with van der Waals surface area (Å²) in [5.41, 5.74) is 2.95. The lowest BCUT2D eigenvalue weighted by Gasteiger charge is -2.10. The lowest BCUT2D eigenvalue weighted by molar-refractivity contribution is 0.101. The van der Waals surface area contributed by atoms with Crippen molar-refractivity contribution in [1.82, 2.24) is 4.57 Å². The summed E-state index contributed by atoms with van der Waals surface area (Å²) in [6.45, 7) is 11.0. The molecule has 1 aromatic carbocycles. The summed E-state index contributed by atoms with van der Waals surface area (Å²) in [4.78, 5) is 12.0. The fourth-order valence-electron chi connectivity index (χ4n) is 2.58. The van der Waals surface area contributed by atoms with Gasteiger partial charge in [-0.1, -0.05) is 45.4 Å². The third-order valence-electron chi connectivity index (χ3n) is 3.59. The number of ketones is 1. The van der Waals surface area contributed by atoms with Crippen molar-refractivity contribution in [3.8, 4) is 0 Å². The van der Waals surface area contributed by atoms with Gasteiger partial charge in [0.25, 0.3) is 0 Å². The second-order valence-electron chi connectivity index (χ2n) is 6.16. The first-order chi connectivity index (χ1) is 9.32. The Morgan fingerprint density at radius 2 is 1.90 bits per heavy atom. The minimum Gasteiger partial charge on any atom is -0.331 e. The number of carbonyl (C=O) groups excluding carboxylic acids is 1. The van der Waals surface area contributed by atoms with E-state index in [0.717, 1.165) is 17.4 Å². The Labute approximate surface area is 125 Å². The fraction of sp³-hybridized carbons (Fsp3) is 0.471. The summed E-state index contributed by atoms with van der Waals surface area (Å²) in [5, 5.41) is 1.55. The number of hydrogen-bond donors (Lipinski definition) is 0. The molecule has 0 atom stereocenters. The van der Waals surface area contributed by atoms with Crippen LogP contribution in [-0.2, 0) is 6.54 Å². The van der Waals surface area contributed by atoms with Gasteiger partial charge < -0.3 is 4.57 Å². The zero-order chi connectivity index (χ0) is 15.0. The number of benzene rings is 1. The highest BCUT2D eigenvalue weighted by molar-refractivity contribution is 6.35. The maximum absolute atomic E-state index is 12.0. The van der Waals surface area contributed by atoms with Crippen molar-refractivity contribution in [2.24, 2.45) is 5.92 Å². The second kappa shape index (κ2) is 5.61. The second-order valence-corrected chi connectivity index (χ2v) is 6.52. The van der Waals surface area contributed by atoms with Gasteiger partial charge in [-0.3, -0.25) is 4.79 Å². The average Bonchev–Trinajstić information content (AvgIpc) is 2.61. The Morgan fingerprint density at radius 1 is 1.25 bits per heavy atom. The Morgan fingerprint density at radius 3 is 2.40 bits per heavy atom. The zero-order valence-corrected chi connectivity index (χ0v) is 13.6. The Kier molecular flexibility index (Phi) is 4.24. The van der Waals surface area contributed by atoms with Crippen LogP contribution in [0.1, 0.15) is 56.5 Å². The van der Waals surface area contributed by atoms with Gasteiger partial charge in [0.1, 0.15) is 5.15 Å². The smallest absolute Gasteiger partial charge is 0.163 e. The van der Waals surface area contributed by atoms with E-state index in [1.165, 1.54) is 5.56 Å². The summed E-state index contributed by atoms with van der Waals surface area (Å²) in [7, 11) is 0. The standard InChI is InChI=1S/C17H22ClNO/c1-10(2)9-19-15-7-6-13(11(3)4)8-14(15)16(12(5)20)17(19)18/h6-8,10-11H,9H2,1-5H3. The van der Waals surface area contributed by atoms with Crippen molar-refractivity contribution in [3.63, 3.8) is 0 Å². The third kappa shape index (κ3) is 2.62. The number of nitrogens with zero attached hydrogens (tertiary/aromatic N) is 1. The van der Waals surface area contributed by atoms with Crippen LogP contribution in [0.4, 0.5) is 0 Å². The monoisotopic (exact) mass is 291 g/mol. The quantitative estimate of drug-likeness (QED) is 0.703. The lowest BCUT2D eigenvalue weighted by atomic mass is 10.00. The molecule has 2 aromatic rings. The van der Waals surface area contributed by atoms with E-state index in [0.29, 0.717) is 22.6 Å². The SMILES string of the molecule is CC(=O)c1c(Cl)n(CC(C)C)c2ccc(C(C)C)cc12. The first-order valence-electron chi connectivity index (χ1n) is 7.15. The van der Waals surface area contributed by atoms with Gasteiger partial charge in [-0.05, 0) is 36.5 Å². The lowest BCUT2D eigenvalue weighted by Crippen LogP contribution is -2.04. The molecule has 0 amide bonds. The third-order valence-corrected chi connectivity index (χ3v) is 3.98. The van der Waals surface area contributed by atoms with Gasteiger partial charge in [0, 0.05) is 17.4 Å². The van der Waals surface area contributed by atoms with E-state index >= 15 is 0 Å². The van der Waals surface area contributed by atoms with E-state index in [2.05, 4.69) is 50.5 Å². The molecular formula is C17H22ClNO. The molecule has 0 aliphatic heterocycles. The normalized spacial score (nSPS) is 11.8. The molecular weight excluding hydrogens is 270 g/mol. The molecule has 0 radical (unpaired) electrons. The molecule has 1 heterocycles. The van der Waals surface area contributed by atoms with Crippen LogP contribution in [0.5, 0.6) is 0 Å². The van der Waals surface area contributed by atoms with E-state index in [9.17, 15) is 4.79 Å². The Balaban J connectivity index is 2.76. The molecule has 0 unspecified atom stereocenters. The van der Waals surface area contributed by atoms with Crippen LogP contribution in [0.2, 0.25) is 5.15 Å². The van der Waals surface area contributed by atoms with Crippen molar-refractivity contribution < 1.29 is 4.79 Å². The van der Waals surface area contributed by atoms with Crippen LogP contribution >= 0.6 is 11.6 Å². The Hall–Kier alpha value is -1.28. The molecule has 20 heavy (non-hydrogen) atoms. The summed E-state index contributed by atoms with van der Waals surface area (Å²) >= 11 is 6.47. The van der Waals surface area contributed by atoms with E-state index in [1.54, 1.807) is 6.92 Å². The fourth-order valence-corrected chi connectivity index (χ4v) is 2.97. The summed E-state index contributed by atoms with van der Waals surface area (Å²) in [6, 6.07) is 6.33. The van der Waals surface area contributed by atoms with Crippen LogP contribution in [0.3, 0.4) is 0 Å². The average molecular weight is 292 g/mol. The van der Waals surface area contributed by atoms with Crippen LogP contribution < -0.4 is 0 Å². The molecule has 0 fully saturated rings. The highest BCUT2D eigenvalue weighted by Gasteiger charge is 2.20. The molecule has 2 rings (SSSR count). The first kappa shape index (κ1) is 15.1.